The van der Waals surface area contributed by atoms with E-state index in [9.17, 15) is 14.7 Å². The van der Waals surface area contributed by atoms with E-state index in [4.69, 9.17) is 4.74 Å². The molecule has 0 fully saturated rings. The third-order valence-corrected chi connectivity index (χ3v) is 3.75. The predicted molar refractivity (Wildman–Crippen MR) is 90.8 cm³/mol. The molecule has 23 heavy (non-hydrogen) atoms. The third kappa shape index (κ3) is 5.32. The molecule has 126 valence electrons. The van der Waals surface area contributed by atoms with Crippen molar-refractivity contribution in [2.75, 3.05) is 0 Å². The summed E-state index contributed by atoms with van der Waals surface area (Å²) in [6.45, 7) is 14.2. The first kappa shape index (κ1) is 19.1. The van der Waals surface area contributed by atoms with Crippen molar-refractivity contribution in [1.82, 2.24) is 0 Å². The van der Waals surface area contributed by atoms with Gasteiger partial charge in [0.15, 0.2) is 5.78 Å². The van der Waals surface area contributed by atoms with Gasteiger partial charge in [-0.1, -0.05) is 30.4 Å². The highest BCUT2D eigenvalue weighted by Gasteiger charge is 2.33. The molecule has 0 aliphatic heterocycles. The molecule has 0 amide bonds. The van der Waals surface area contributed by atoms with E-state index in [1.165, 1.54) is 0 Å². The molecular weight excluding hydrogens is 292 g/mol. The molecule has 0 saturated carbocycles. The minimum atomic E-state index is -1.02. The largest absolute Gasteiger partial charge is 0.457 e. The Balaban J connectivity index is 2.88. The predicted octanol–water partition coefficient (Wildman–Crippen LogP) is 3.28. The van der Waals surface area contributed by atoms with Crippen LogP contribution in [0.25, 0.3) is 0 Å². The topological polar surface area (TPSA) is 63.6 Å². The van der Waals surface area contributed by atoms with Crippen LogP contribution in [0.2, 0.25) is 0 Å². The maximum Gasteiger partial charge on any atom is 0.317 e. The molecule has 1 N–H and O–H groups in total. The Kier molecular flexibility index (Phi) is 6.28. The zero-order chi connectivity index (χ0) is 17.8. The number of carbonyl (C=O) groups is 2. The lowest BCUT2D eigenvalue weighted by Gasteiger charge is -2.19. The lowest BCUT2D eigenvalue weighted by molar-refractivity contribution is -0.149. The monoisotopic (exact) mass is 318 g/mol. The summed E-state index contributed by atoms with van der Waals surface area (Å²) in [4.78, 5) is 24.4. The number of hydrogen-bond donors (Lipinski definition) is 1. The Hall–Kier alpha value is -1.94. The lowest BCUT2D eigenvalue weighted by atomic mass is 9.98. The first-order valence-electron chi connectivity index (χ1n) is 7.68. The molecule has 0 spiro atoms. The van der Waals surface area contributed by atoms with Crippen molar-refractivity contribution in [1.29, 1.82) is 0 Å². The highest BCUT2D eigenvalue weighted by molar-refractivity contribution is 6.00. The fourth-order valence-corrected chi connectivity index (χ4v) is 2.40. The average Bonchev–Trinajstić information content (AvgIpc) is 2.65. The number of ketones is 1. The first-order valence-corrected chi connectivity index (χ1v) is 7.68. The normalized spacial score (nSPS) is 20.0. The molecule has 1 rings (SSSR count). The van der Waals surface area contributed by atoms with Crippen molar-refractivity contribution in [3.05, 3.63) is 48.1 Å². The molecule has 0 aromatic carbocycles. The molecule has 0 aromatic heterocycles. The van der Waals surface area contributed by atoms with E-state index < -0.39 is 23.6 Å². The van der Waals surface area contributed by atoms with Gasteiger partial charge < -0.3 is 9.84 Å². The van der Waals surface area contributed by atoms with E-state index in [0.29, 0.717) is 17.6 Å². The van der Waals surface area contributed by atoms with Crippen molar-refractivity contribution in [2.45, 2.75) is 52.2 Å². The summed E-state index contributed by atoms with van der Waals surface area (Å²) in [6, 6.07) is 0. The van der Waals surface area contributed by atoms with E-state index >= 15 is 0 Å². The summed E-state index contributed by atoms with van der Waals surface area (Å²) in [6.07, 6.45) is 4.94. The second-order valence-corrected chi connectivity index (χ2v) is 6.54. The van der Waals surface area contributed by atoms with Crippen LogP contribution in [0.3, 0.4) is 0 Å². The van der Waals surface area contributed by atoms with E-state index in [2.05, 4.69) is 13.2 Å². The maximum atomic E-state index is 12.4. The number of carbonyl (C=O) groups excluding carboxylic acids is 2. The van der Waals surface area contributed by atoms with Gasteiger partial charge >= 0.3 is 5.97 Å². The molecule has 0 aromatic rings. The van der Waals surface area contributed by atoms with Crippen molar-refractivity contribution in [3.63, 3.8) is 0 Å². The summed E-state index contributed by atoms with van der Waals surface area (Å²) < 4.78 is 5.51. The van der Waals surface area contributed by atoms with Gasteiger partial charge in [-0.05, 0) is 39.7 Å². The Morgan fingerprint density at radius 2 is 2.13 bits per heavy atom. The summed E-state index contributed by atoms with van der Waals surface area (Å²) in [5, 5.41) is 9.75. The number of ether oxygens (including phenoxy) is 1. The van der Waals surface area contributed by atoms with E-state index in [1.54, 1.807) is 39.0 Å². The summed E-state index contributed by atoms with van der Waals surface area (Å²) in [7, 11) is 0. The van der Waals surface area contributed by atoms with Gasteiger partial charge in [0.05, 0.1) is 17.9 Å². The highest BCUT2D eigenvalue weighted by Crippen LogP contribution is 2.29. The second-order valence-electron chi connectivity index (χ2n) is 6.54. The first-order chi connectivity index (χ1) is 10.6. The van der Waals surface area contributed by atoms with E-state index in [0.717, 1.165) is 5.57 Å². The molecule has 4 nitrogen and oxygen atoms in total. The number of rotatable bonds is 7. The standard InChI is InChI=1S/C19H26O4/c1-7-8-15-13(4)17(11-16(15)20)23-18(21)14(12(2)3)9-10-19(5,6)22/h7,9-10,14,17,22H,1-2,8,11H2,3-6H3/b10-9+/t14-,17+/m1/s1. The van der Waals surface area contributed by atoms with Crippen molar-refractivity contribution in [3.8, 4) is 0 Å². The number of hydrogen-bond acceptors (Lipinski definition) is 4. The van der Waals surface area contributed by atoms with Gasteiger partial charge in [0.25, 0.3) is 0 Å². The van der Waals surface area contributed by atoms with Gasteiger partial charge in [0.1, 0.15) is 6.10 Å². The maximum absolute atomic E-state index is 12.4. The zero-order valence-corrected chi connectivity index (χ0v) is 14.4. The van der Waals surface area contributed by atoms with Gasteiger partial charge in [-0.2, -0.15) is 0 Å². The molecule has 0 unspecified atom stereocenters. The lowest BCUT2D eigenvalue weighted by Crippen LogP contribution is -2.25. The highest BCUT2D eigenvalue weighted by atomic mass is 16.5. The van der Waals surface area contributed by atoms with Crippen LogP contribution in [-0.4, -0.2) is 28.6 Å². The molecule has 1 aliphatic rings. The summed E-state index contributed by atoms with van der Waals surface area (Å²) >= 11 is 0. The van der Waals surface area contributed by atoms with Gasteiger partial charge in [-0.3, -0.25) is 9.59 Å². The zero-order valence-electron chi connectivity index (χ0n) is 14.4. The van der Waals surface area contributed by atoms with E-state index in [-0.39, 0.29) is 12.2 Å². The Morgan fingerprint density at radius 3 is 2.61 bits per heavy atom. The molecule has 0 saturated heterocycles. The van der Waals surface area contributed by atoms with Gasteiger partial charge in [-0.15, -0.1) is 6.58 Å². The smallest absolute Gasteiger partial charge is 0.317 e. The van der Waals surface area contributed by atoms with Gasteiger partial charge in [-0.25, -0.2) is 0 Å². The van der Waals surface area contributed by atoms with Crippen LogP contribution in [0.5, 0.6) is 0 Å². The van der Waals surface area contributed by atoms with Crippen molar-refractivity contribution in [2.24, 2.45) is 5.92 Å². The van der Waals surface area contributed by atoms with Crippen molar-refractivity contribution < 1.29 is 19.4 Å². The molecule has 0 heterocycles. The van der Waals surface area contributed by atoms with Crippen LogP contribution in [0, 0.1) is 5.92 Å². The number of Topliss-reactive ketones (excluding diaryl/α,β-unsaturated/α-hetero) is 1. The minimum Gasteiger partial charge on any atom is -0.457 e. The van der Waals surface area contributed by atoms with Gasteiger partial charge in [0, 0.05) is 5.57 Å². The SMILES string of the molecule is C=CCC1=C(C)[C@@H](OC(=O)[C@H](/C=C/C(C)(C)O)C(=C)C)CC1=O. The Morgan fingerprint density at radius 1 is 1.52 bits per heavy atom. The third-order valence-electron chi connectivity index (χ3n) is 3.75. The summed E-state index contributed by atoms with van der Waals surface area (Å²) in [5.41, 5.74) is 1.06. The number of allylic oxidation sites excluding steroid dienone is 2. The second kappa shape index (κ2) is 7.55. The minimum absolute atomic E-state index is 0.000825. The molecule has 4 heteroatoms. The summed E-state index contributed by atoms with van der Waals surface area (Å²) in [5.74, 6) is -1.11. The van der Waals surface area contributed by atoms with E-state index in [1.807, 2.05) is 6.92 Å². The fraction of sp³-hybridized carbons (Fsp3) is 0.474. The quantitative estimate of drug-likeness (QED) is 0.578. The molecule has 2 atom stereocenters. The van der Waals surface area contributed by atoms with Crippen LogP contribution in [-0.2, 0) is 14.3 Å². The Bertz CT molecular complexity index is 573. The van der Waals surface area contributed by atoms with Crippen LogP contribution >= 0.6 is 0 Å². The van der Waals surface area contributed by atoms with Crippen LogP contribution in [0.4, 0.5) is 0 Å². The Labute approximate surface area is 138 Å². The fourth-order valence-electron chi connectivity index (χ4n) is 2.40. The molecule has 0 bridgehead atoms. The molecule has 1 aliphatic carbocycles. The van der Waals surface area contributed by atoms with Crippen LogP contribution in [0.15, 0.2) is 48.1 Å². The number of aliphatic hydroxyl groups is 1. The molecular formula is C19H26O4. The number of esters is 1. The molecule has 0 radical (unpaired) electrons. The van der Waals surface area contributed by atoms with Gasteiger partial charge in [0.2, 0.25) is 0 Å². The van der Waals surface area contributed by atoms with Crippen molar-refractivity contribution >= 4 is 11.8 Å². The van der Waals surface area contributed by atoms with Crippen LogP contribution in [0.1, 0.15) is 40.5 Å². The van der Waals surface area contributed by atoms with Crippen LogP contribution < -0.4 is 0 Å². The average molecular weight is 318 g/mol.